The van der Waals surface area contributed by atoms with Gasteiger partial charge in [0.2, 0.25) is 5.82 Å². The number of methoxy groups -OCH3 is 2. The fourth-order valence-corrected chi connectivity index (χ4v) is 3.80. The van der Waals surface area contributed by atoms with Crippen molar-refractivity contribution in [2.45, 2.75) is 26.2 Å². The Morgan fingerprint density at radius 3 is 2.61 bits per heavy atom. The van der Waals surface area contributed by atoms with E-state index >= 15 is 0 Å². The molecule has 4 aromatic rings. The molecule has 0 radical (unpaired) electrons. The Morgan fingerprint density at radius 1 is 1.03 bits per heavy atom. The zero-order valence-electron chi connectivity index (χ0n) is 18.6. The average Bonchev–Trinajstić information content (AvgIpc) is 3.51. The van der Waals surface area contributed by atoms with Crippen molar-refractivity contribution in [3.8, 4) is 40.2 Å². The van der Waals surface area contributed by atoms with E-state index in [4.69, 9.17) is 23.5 Å². The van der Waals surface area contributed by atoms with Gasteiger partial charge in [0.25, 0.3) is 5.89 Å². The summed E-state index contributed by atoms with van der Waals surface area (Å²) in [7, 11) is 3.18. The third-order valence-electron chi connectivity index (χ3n) is 5.48. The summed E-state index contributed by atoms with van der Waals surface area (Å²) in [5.74, 6) is 2.87. The van der Waals surface area contributed by atoms with Gasteiger partial charge in [-0.15, -0.1) is 0 Å². The third-order valence-corrected chi connectivity index (χ3v) is 5.48. The molecule has 1 aliphatic rings. The van der Waals surface area contributed by atoms with Gasteiger partial charge in [-0.25, -0.2) is 0 Å². The number of hydrogen-bond donors (Lipinski definition) is 0. The van der Waals surface area contributed by atoms with Gasteiger partial charge in [-0.1, -0.05) is 17.3 Å². The van der Waals surface area contributed by atoms with Crippen molar-refractivity contribution in [2.75, 3.05) is 20.8 Å². The molecule has 170 valence electrons. The molecule has 0 saturated heterocycles. The lowest BCUT2D eigenvalue weighted by molar-refractivity contribution is -0.00115. The fourth-order valence-electron chi connectivity index (χ4n) is 3.80. The van der Waals surface area contributed by atoms with Crippen LogP contribution in [0.1, 0.15) is 24.3 Å². The first-order valence-electron chi connectivity index (χ1n) is 10.7. The first-order valence-corrected chi connectivity index (χ1v) is 10.7. The smallest absolute Gasteiger partial charge is 0.278 e. The summed E-state index contributed by atoms with van der Waals surface area (Å²) in [5.41, 5.74) is 3.40. The zero-order valence-corrected chi connectivity index (χ0v) is 18.6. The van der Waals surface area contributed by atoms with Crippen LogP contribution >= 0.6 is 0 Å². The Hall–Kier alpha value is -3.85. The minimum absolute atomic E-state index is 0.0917. The van der Waals surface area contributed by atoms with Crippen molar-refractivity contribution >= 4 is 0 Å². The molecule has 0 unspecified atom stereocenters. The number of hydrogen-bond acceptors (Lipinski definition) is 8. The van der Waals surface area contributed by atoms with Crippen LogP contribution in [0.2, 0.25) is 0 Å². The van der Waals surface area contributed by atoms with E-state index in [0.717, 1.165) is 22.6 Å². The minimum Gasteiger partial charge on any atom is -0.494 e. The number of nitrogens with zero attached hydrogens (tertiary/aromatic N) is 4. The van der Waals surface area contributed by atoms with E-state index in [1.807, 2.05) is 48.0 Å². The molecule has 1 atom stereocenters. The van der Waals surface area contributed by atoms with Crippen LogP contribution in [0.15, 0.2) is 53.1 Å². The largest absolute Gasteiger partial charge is 0.494 e. The van der Waals surface area contributed by atoms with Crippen LogP contribution in [0.5, 0.6) is 17.2 Å². The Labute approximate surface area is 190 Å². The quantitative estimate of drug-likeness (QED) is 0.413. The first-order chi connectivity index (χ1) is 16.2. The summed E-state index contributed by atoms with van der Waals surface area (Å²) in [6.07, 6.45) is -0.0917. The van der Waals surface area contributed by atoms with Crippen LogP contribution in [0.3, 0.4) is 0 Å². The highest BCUT2D eigenvalue weighted by Crippen LogP contribution is 2.33. The molecule has 2 aromatic heterocycles. The molecule has 2 aromatic carbocycles. The lowest BCUT2D eigenvalue weighted by atomic mass is 10.1. The van der Waals surface area contributed by atoms with Gasteiger partial charge < -0.3 is 23.5 Å². The number of benzene rings is 2. The van der Waals surface area contributed by atoms with Gasteiger partial charge >= 0.3 is 0 Å². The second-order valence-electron chi connectivity index (χ2n) is 7.50. The molecule has 0 bridgehead atoms. The Kier molecular flexibility index (Phi) is 5.70. The maximum absolute atomic E-state index is 6.07. The highest BCUT2D eigenvalue weighted by atomic mass is 16.5. The van der Waals surface area contributed by atoms with E-state index in [0.29, 0.717) is 48.7 Å². The maximum atomic E-state index is 6.07. The maximum Gasteiger partial charge on any atom is 0.278 e. The lowest BCUT2D eigenvalue weighted by Crippen LogP contribution is -2.21. The summed E-state index contributed by atoms with van der Waals surface area (Å²) in [4.78, 5) is 4.52. The molecule has 1 aliphatic heterocycles. The Morgan fingerprint density at radius 2 is 1.85 bits per heavy atom. The second kappa shape index (κ2) is 8.95. The van der Waals surface area contributed by atoms with Crippen LogP contribution in [0, 0.1) is 0 Å². The Bertz CT molecular complexity index is 1250. The third kappa shape index (κ3) is 4.14. The predicted molar refractivity (Wildman–Crippen MR) is 119 cm³/mol. The molecule has 9 heteroatoms. The second-order valence-corrected chi connectivity index (χ2v) is 7.50. The van der Waals surface area contributed by atoms with E-state index in [1.165, 1.54) is 0 Å². The topological polar surface area (TPSA) is 93.7 Å². The minimum atomic E-state index is -0.0917. The zero-order chi connectivity index (χ0) is 22.8. The lowest BCUT2D eigenvalue weighted by Gasteiger charge is -2.24. The van der Waals surface area contributed by atoms with Gasteiger partial charge in [0.1, 0.15) is 11.9 Å². The van der Waals surface area contributed by atoms with Crippen LogP contribution in [-0.2, 0) is 17.9 Å². The molecule has 0 fully saturated rings. The normalized spacial score (nSPS) is 15.2. The fraction of sp³-hybridized carbons (Fsp3) is 0.292. The van der Waals surface area contributed by atoms with Crippen molar-refractivity contribution in [3.63, 3.8) is 0 Å². The van der Waals surface area contributed by atoms with E-state index in [-0.39, 0.29) is 6.10 Å². The molecule has 0 aliphatic carbocycles. The molecule has 33 heavy (non-hydrogen) atoms. The summed E-state index contributed by atoms with van der Waals surface area (Å²) < 4.78 is 29.7. The van der Waals surface area contributed by atoms with Crippen LogP contribution in [-0.4, -0.2) is 40.7 Å². The van der Waals surface area contributed by atoms with Crippen molar-refractivity contribution in [2.24, 2.45) is 0 Å². The van der Waals surface area contributed by atoms with Crippen molar-refractivity contribution in [1.82, 2.24) is 19.9 Å². The van der Waals surface area contributed by atoms with Crippen molar-refractivity contribution in [3.05, 3.63) is 59.8 Å². The van der Waals surface area contributed by atoms with E-state index < -0.39 is 0 Å². The molecule has 9 nitrogen and oxygen atoms in total. The van der Waals surface area contributed by atoms with E-state index in [1.54, 1.807) is 26.4 Å². The van der Waals surface area contributed by atoms with Gasteiger partial charge in [0.15, 0.2) is 17.2 Å². The van der Waals surface area contributed by atoms with Crippen LogP contribution in [0.4, 0.5) is 0 Å². The van der Waals surface area contributed by atoms with E-state index in [9.17, 15) is 0 Å². The summed E-state index contributed by atoms with van der Waals surface area (Å²) >= 11 is 0. The van der Waals surface area contributed by atoms with Gasteiger partial charge in [-0.2, -0.15) is 10.1 Å². The molecular formula is C24H24N4O5. The molecule has 0 saturated carbocycles. The van der Waals surface area contributed by atoms with Gasteiger partial charge in [-0.05, 0) is 48.9 Å². The molecular weight excluding hydrogens is 424 g/mol. The summed E-state index contributed by atoms with van der Waals surface area (Å²) in [6, 6.07) is 15.3. The number of aromatic nitrogens is 4. The molecule has 0 spiro atoms. The monoisotopic (exact) mass is 448 g/mol. The average molecular weight is 448 g/mol. The SMILES string of the molecule is CCOc1ccc([C@@H]2Cn3nc(-c4nc(-c5ccc(OC)c(OC)c5)no4)cc3CO2)cc1. The van der Waals surface area contributed by atoms with Crippen molar-refractivity contribution < 1.29 is 23.5 Å². The number of rotatable bonds is 7. The van der Waals surface area contributed by atoms with Gasteiger partial charge in [-0.3, -0.25) is 4.68 Å². The molecule has 5 rings (SSSR count). The van der Waals surface area contributed by atoms with Crippen LogP contribution < -0.4 is 14.2 Å². The van der Waals surface area contributed by atoms with Gasteiger partial charge in [0.05, 0.1) is 39.7 Å². The van der Waals surface area contributed by atoms with E-state index in [2.05, 4.69) is 15.2 Å². The number of fused-ring (bicyclic) bond motifs is 1. The highest BCUT2D eigenvalue weighted by Gasteiger charge is 2.24. The molecule has 0 amide bonds. The first kappa shape index (κ1) is 21.0. The molecule has 0 N–H and O–H groups in total. The van der Waals surface area contributed by atoms with Gasteiger partial charge in [0, 0.05) is 5.56 Å². The highest BCUT2D eigenvalue weighted by molar-refractivity contribution is 5.62. The standard InChI is InChI=1S/C24H24N4O5/c1-4-31-18-8-5-15(6-9-18)22-13-28-17(14-32-22)12-19(26-28)24-25-23(27-33-24)16-7-10-20(29-2)21(11-16)30-3/h5-12,22H,4,13-14H2,1-3H3/t22-/m0/s1. The van der Waals surface area contributed by atoms with Crippen LogP contribution in [0.25, 0.3) is 23.0 Å². The number of ether oxygens (including phenoxy) is 4. The van der Waals surface area contributed by atoms with Crippen molar-refractivity contribution in [1.29, 1.82) is 0 Å². The molecule has 3 heterocycles. The summed E-state index contributed by atoms with van der Waals surface area (Å²) in [5, 5.41) is 8.79. The predicted octanol–water partition coefficient (Wildman–Crippen LogP) is 4.29. The summed E-state index contributed by atoms with van der Waals surface area (Å²) in [6.45, 7) is 3.65. The Balaban J connectivity index is 1.35.